The Bertz CT molecular complexity index is 549. The first kappa shape index (κ1) is 13.6. The van der Waals surface area contributed by atoms with Crippen LogP contribution in [-0.4, -0.2) is 12.2 Å². The summed E-state index contributed by atoms with van der Waals surface area (Å²) in [6, 6.07) is 8.32. The van der Waals surface area contributed by atoms with Gasteiger partial charge in [-0.05, 0) is 33.9 Å². The molecule has 0 bridgehead atoms. The van der Waals surface area contributed by atoms with Gasteiger partial charge in [-0.1, -0.05) is 22.9 Å². The molecule has 1 unspecified atom stereocenters. The lowest BCUT2D eigenvalue weighted by Gasteiger charge is -2.16. The van der Waals surface area contributed by atoms with Crippen LogP contribution >= 0.6 is 0 Å². The van der Waals surface area contributed by atoms with Gasteiger partial charge in [0.15, 0.2) is 5.76 Å². The van der Waals surface area contributed by atoms with Gasteiger partial charge in [-0.25, -0.2) is 0 Å². The largest absolute Gasteiger partial charge is 0.485 e. The first-order valence-electron chi connectivity index (χ1n) is 6.43. The van der Waals surface area contributed by atoms with E-state index in [2.05, 4.69) is 30.4 Å². The minimum atomic E-state index is 0.242. The summed E-state index contributed by atoms with van der Waals surface area (Å²) in [4.78, 5) is 0. The van der Waals surface area contributed by atoms with Gasteiger partial charge in [0, 0.05) is 17.7 Å². The molecule has 0 amide bonds. The molecule has 1 heterocycles. The third kappa shape index (κ3) is 3.35. The third-order valence-corrected chi connectivity index (χ3v) is 3.11. The fourth-order valence-corrected chi connectivity index (χ4v) is 1.93. The summed E-state index contributed by atoms with van der Waals surface area (Å²) in [6.45, 7) is 6.48. The molecule has 1 aromatic carbocycles. The van der Waals surface area contributed by atoms with Gasteiger partial charge < -0.3 is 14.6 Å². The number of aromatic nitrogens is 1. The topological polar surface area (TPSA) is 47.3 Å². The SMILES string of the molecule is CNC(C)c1cc(C)ccc1OCc1cc(C)no1. The Balaban J connectivity index is 2.15. The van der Waals surface area contributed by atoms with E-state index in [1.807, 2.05) is 32.2 Å². The van der Waals surface area contributed by atoms with Crippen molar-refractivity contribution in [3.8, 4) is 5.75 Å². The average Bonchev–Trinajstić information content (AvgIpc) is 2.82. The number of hydrogen-bond donors (Lipinski definition) is 1. The third-order valence-electron chi connectivity index (χ3n) is 3.11. The van der Waals surface area contributed by atoms with E-state index in [0.717, 1.165) is 22.8 Å². The normalized spacial score (nSPS) is 12.4. The lowest BCUT2D eigenvalue weighted by molar-refractivity contribution is 0.245. The van der Waals surface area contributed by atoms with Crippen LogP contribution in [0.25, 0.3) is 0 Å². The predicted molar refractivity (Wildman–Crippen MR) is 74.2 cm³/mol. The zero-order chi connectivity index (χ0) is 13.8. The quantitative estimate of drug-likeness (QED) is 0.897. The maximum atomic E-state index is 5.84. The summed E-state index contributed by atoms with van der Waals surface area (Å²) in [5.41, 5.74) is 3.24. The maximum absolute atomic E-state index is 5.84. The highest BCUT2D eigenvalue weighted by molar-refractivity contribution is 5.39. The highest BCUT2D eigenvalue weighted by Crippen LogP contribution is 2.27. The molecule has 0 aliphatic carbocycles. The Hall–Kier alpha value is -1.81. The van der Waals surface area contributed by atoms with Crippen LogP contribution in [0.2, 0.25) is 0 Å². The maximum Gasteiger partial charge on any atom is 0.174 e. The smallest absolute Gasteiger partial charge is 0.174 e. The molecule has 1 N–H and O–H groups in total. The van der Waals surface area contributed by atoms with Gasteiger partial charge in [-0.3, -0.25) is 0 Å². The Kier molecular flexibility index (Phi) is 4.22. The fourth-order valence-electron chi connectivity index (χ4n) is 1.93. The second-order valence-corrected chi connectivity index (χ2v) is 4.77. The van der Waals surface area contributed by atoms with E-state index in [1.54, 1.807) is 0 Å². The Morgan fingerprint density at radius 3 is 2.74 bits per heavy atom. The van der Waals surface area contributed by atoms with E-state index in [9.17, 15) is 0 Å². The number of aryl methyl sites for hydroxylation is 2. The van der Waals surface area contributed by atoms with E-state index in [-0.39, 0.29) is 6.04 Å². The molecule has 0 radical (unpaired) electrons. The van der Waals surface area contributed by atoms with Crippen LogP contribution in [-0.2, 0) is 6.61 Å². The van der Waals surface area contributed by atoms with Crippen molar-refractivity contribution in [2.24, 2.45) is 0 Å². The number of nitrogens with zero attached hydrogens (tertiary/aromatic N) is 1. The molecule has 0 spiro atoms. The van der Waals surface area contributed by atoms with E-state index in [1.165, 1.54) is 5.56 Å². The van der Waals surface area contributed by atoms with Crippen LogP contribution in [0.3, 0.4) is 0 Å². The van der Waals surface area contributed by atoms with Crippen LogP contribution < -0.4 is 10.1 Å². The highest BCUT2D eigenvalue weighted by Gasteiger charge is 2.11. The Labute approximate surface area is 113 Å². The molecule has 102 valence electrons. The van der Waals surface area contributed by atoms with E-state index >= 15 is 0 Å². The van der Waals surface area contributed by atoms with Crippen LogP contribution in [0, 0.1) is 13.8 Å². The second kappa shape index (κ2) is 5.89. The summed E-state index contributed by atoms with van der Waals surface area (Å²) in [5, 5.41) is 7.08. The van der Waals surface area contributed by atoms with Gasteiger partial charge in [0.25, 0.3) is 0 Å². The van der Waals surface area contributed by atoms with Crippen molar-refractivity contribution in [3.63, 3.8) is 0 Å². The molecule has 4 heteroatoms. The molecular weight excluding hydrogens is 240 g/mol. The molecular formula is C15H20N2O2. The highest BCUT2D eigenvalue weighted by atomic mass is 16.5. The van der Waals surface area contributed by atoms with Crippen molar-refractivity contribution in [2.45, 2.75) is 33.4 Å². The number of nitrogens with one attached hydrogen (secondary N) is 1. The zero-order valence-corrected chi connectivity index (χ0v) is 11.9. The van der Waals surface area contributed by atoms with Crippen molar-refractivity contribution < 1.29 is 9.26 Å². The van der Waals surface area contributed by atoms with E-state index < -0.39 is 0 Å². The first-order chi connectivity index (χ1) is 9.10. The van der Waals surface area contributed by atoms with E-state index in [0.29, 0.717) is 6.61 Å². The molecule has 0 saturated carbocycles. The van der Waals surface area contributed by atoms with E-state index in [4.69, 9.17) is 9.26 Å². The minimum absolute atomic E-state index is 0.242. The monoisotopic (exact) mass is 260 g/mol. The zero-order valence-electron chi connectivity index (χ0n) is 11.9. The molecule has 1 atom stereocenters. The molecule has 0 fully saturated rings. The molecule has 0 aliphatic heterocycles. The van der Waals surface area contributed by atoms with Crippen LogP contribution in [0.1, 0.15) is 35.5 Å². The summed E-state index contributed by atoms with van der Waals surface area (Å²) in [7, 11) is 1.94. The van der Waals surface area contributed by atoms with Crippen LogP contribution in [0.4, 0.5) is 0 Å². The summed E-state index contributed by atoms with van der Waals surface area (Å²) >= 11 is 0. The number of rotatable bonds is 5. The van der Waals surface area contributed by atoms with Crippen molar-refractivity contribution in [1.82, 2.24) is 10.5 Å². The Morgan fingerprint density at radius 1 is 1.32 bits per heavy atom. The lowest BCUT2D eigenvalue weighted by Crippen LogP contribution is -2.14. The molecule has 0 aliphatic rings. The Morgan fingerprint density at radius 2 is 2.11 bits per heavy atom. The summed E-state index contributed by atoms with van der Waals surface area (Å²) in [5.74, 6) is 1.61. The average molecular weight is 260 g/mol. The van der Waals surface area contributed by atoms with Crippen LogP contribution in [0.15, 0.2) is 28.8 Å². The molecule has 4 nitrogen and oxygen atoms in total. The van der Waals surface area contributed by atoms with Crippen molar-refractivity contribution in [3.05, 3.63) is 46.8 Å². The predicted octanol–water partition coefficient (Wildman–Crippen LogP) is 3.15. The molecule has 2 aromatic rings. The van der Waals surface area contributed by atoms with Gasteiger partial charge in [0.05, 0.1) is 5.69 Å². The molecule has 0 saturated heterocycles. The van der Waals surface area contributed by atoms with Crippen LogP contribution in [0.5, 0.6) is 5.75 Å². The molecule has 19 heavy (non-hydrogen) atoms. The first-order valence-corrected chi connectivity index (χ1v) is 6.43. The van der Waals surface area contributed by atoms with Crippen molar-refractivity contribution in [1.29, 1.82) is 0 Å². The number of ether oxygens (including phenoxy) is 1. The molecule has 1 aromatic heterocycles. The van der Waals surface area contributed by atoms with Gasteiger partial charge in [-0.2, -0.15) is 0 Å². The second-order valence-electron chi connectivity index (χ2n) is 4.77. The lowest BCUT2D eigenvalue weighted by atomic mass is 10.0. The fraction of sp³-hybridized carbons (Fsp3) is 0.400. The number of benzene rings is 1. The summed E-state index contributed by atoms with van der Waals surface area (Å²) < 4.78 is 11.0. The minimum Gasteiger partial charge on any atom is -0.485 e. The molecule has 2 rings (SSSR count). The van der Waals surface area contributed by atoms with Crippen molar-refractivity contribution >= 4 is 0 Å². The number of hydrogen-bond acceptors (Lipinski definition) is 4. The van der Waals surface area contributed by atoms with Crippen molar-refractivity contribution in [2.75, 3.05) is 7.05 Å². The van der Waals surface area contributed by atoms with Gasteiger partial charge in [0.1, 0.15) is 12.4 Å². The van der Waals surface area contributed by atoms with Gasteiger partial charge in [-0.15, -0.1) is 0 Å². The summed E-state index contributed by atoms with van der Waals surface area (Å²) in [6.07, 6.45) is 0. The van der Waals surface area contributed by atoms with Gasteiger partial charge in [0.2, 0.25) is 0 Å². The standard InChI is InChI=1S/C15H20N2O2/c1-10-5-6-15(14(7-10)12(3)16-4)18-9-13-8-11(2)17-19-13/h5-8,12,16H,9H2,1-4H3. The van der Waals surface area contributed by atoms with Gasteiger partial charge >= 0.3 is 0 Å².